The molecule has 0 unspecified atom stereocenters. The number of aryl methyl sites for hydroxylation is 1. The van der Waals surface area contributed by atoms with E-state index in [4.69, 9.17) is 22.1 Å². The number of nitrogens with two attached hydrogens (primary N) is 1. The van der Waals surface area contributed by atoms with Crippen LogP contribution in [0.2, 0.25) is 5.02 Å². The zero-order valence-electron chi connectivity index (χ0n) is 11.3. The Hall–Kier alpha value is -2.27. The maximum atomic E-state index is 10.9. The Labute approximate surface area is 127 Å². The van der Waals surface area contributed by atoms with Crippen molar-refractivity contribution in [2.24, 2.45) is 0 Å². The second-order valence-electron chi connectivity index (χ2n) is 4.56. The van der Waals surface area contributed by atoms with E-state index in [1.54, 1.807) is 6.07 Å². The van der Waals surface area contributed by atoms with E-state index >= 15 is 0 Å². The van der Waals surface area contributed by atoms with Gasteiger partial charge in [-0.2, -0.15) is 0 Å². The van der Waals surface area contributed by atoms with Gasteiger partial charge in [-0.05, 0) is 42.7 Å². The lowest BCUT2D eigenvalue weighted by molar-refractivity contribution is -0.385. The molecular formula is C15H15ClN2O3. The van der Waals surface area contributed by atoms with Crippen molar-refractivity contribution in [3.8, 4) is 5.75 Å². The van der Waals surface area contributed by atoms with Gasteiger partial charge in [-0.3, -0.25) is 10.1 Å². The molecule has 0 aliphatic heterocycles. The summed E-state index contributed by atoms with van der Waals surface area (Å²) in [4.78, 5) is 10.4. The maximum Gasteiger partial charge on any atom is 0.312 e. The van der Waals surface area contributed by atoms with Crippen LogP contribution in [0.1, 0.15) is 12.0 Å². The number of hydrogen-bond acceptors (Lipinski definition) is 4. The molecule has 0 bridgehead atoms. The standard InChI is InChI=1S/C15H15ClN2O3/c16-12-5-8-15(14(10-12)18(19)20)21-9-1-2-11-3-6-13(17)7-4-11/h3-8,10H,1-2,9,17H2. The number of hydrogen-bond donors (Lipinski definition) is 1. The fourth-order valence-electron chi connectivity index (χ4n) is 1.90. The van der Waals surface area contributed by atoms with Crippen LogP contribution in [0.4, 0.5) is 11.4 Å². The van der Waals surface area contributed by atoms with Crippen molar-refractivity contribution in [2.45, 2.75) is 12.8 Å². The monoisotopic (exact) mass is 306 g/mol. The summed E-state index contributed by atoms with van der Waals surface area (Å²) in [6.07, 6.45) is 1.57. The maximum absolute atomic E-state index is 10.9. The Morgan fingerprint density at radius 3 is 2.57 bits per heavy atom. The first-order valence-electron chi connectivity index (χ1n) is 6.47. The minimum Gasteiger partial charge on any atom is -0.487 e. The van der Waals surface area contributed by atoms with E-state index < -0.39 is 4.92 Å². The van der Waals surface area contributed by atoms with E-state index in [0.717, 1.165) is 24.1 Å². The van der Waals surface area contributed by atoms with Gasteiger partial charge in [0.25, 0.3) is 0 Å². The Kier molecular flexibility index (Phi) is 5.00. The third kappa shape index (κ3) is 4.36. The van der Waals surface area contributed by atoms with Gasteiger partial charge < -0.3 is 10.5 Å². The Balaban J connectivity index is 1.89. The van der Waals surface area contributed by atoms with E-state index in [2.05, 4.69) is 0 Å². The van der Waals surface area contributed by atoms with Crippen molar-refractivity contribution in [3.05, 3.63) is 63.2 Å². The number of halogens is 1. The van der Waals surface area contributed by atoms with Crippen molar-refractivity contribution >= 4 is 23.0 Å². The molecule has 2 rings (SSSR count). The molecule has 0 saturated heterocycles. The molecule has 0 aliphatic rings. The summed E-state index contributed by atoms with van der Waals surface area (Å²) in [5, 5.41) is 11.2. The number of anilines is 1. The van der Waals surface area contributed by atoms with Crippen LogP contribution in [0.15, 0.2) is 42.5 Å². The largest absolute Gasteiger partial charge is 0.487 e. The molecule has 0 aromatic heterocycles. The fraction of sp³-hybridized carbons (Fsp3) is 0.200. The molecule has 0 atom stereocenters. The van der Waals surface area contributed by atoms with Gasteiger partial charge in [0.05, 0.1) is 11.5 Å². The number of ether oxygens (including phenoxy) is 1. The number of nitro groups is 1. The number of rotatable bonds is 6. The summed E-state index contributed by atoms with van der Waals surface area (Å²) in [7, 11) is 0. The molecule has 0 heterocycles. The molecule has 6 heteroatoms. The van der Waals surface area contributed by atoms with Crippen LogP contribution >= 0.6 is 11.6 Å². The quantitative estimate of drug-likeness (QED) is 0.380. The van der Waals surface area contributed by atoms with Crippen LogP contribution in [-0.4, -0.2) is 11.5 Å². The van der Waals surface area contributed by atoms with Crippen molar-refractivity contribution in [3.63, 3.8) is 0 Å². The minimum atomic E-state index is -0.499. The summed E-state index contributed by atoms with van der Waals surface area (Å²) in [5.41, 5.74) is 7.38. The summed E-state index contributed by atoms with van der Waals surface area (Å²) in [6, 6.07) is 12.0. The number of nitrogens with zero attached hydrogens (tertiary/aromatic N) is 1. The first-order valence-corrected chi connectivity index (χ1v) is 6.85. The topological polar surface area (TPSA) is 78.4 Å². The molecule has 5 nitrogen and oxygen atoms in total. The van der Waals surface area contributed by atoms with Gasteiger partial charge in [0, 0.05) is 16.8 Å². The van der Waals surface area contributed by atoms with E-state index in [1.165, 1.54) is 12.1 Å². The molecule has 2 aromatic rings. The molecule has 0 spiro atoms. The molecule has 2 aromatic carbocycles. The molecule has 0 radical (unpaired) electrons. The summed E-state index contributed by atoms with van der Waals surface area (Å²) >= 11 is 5.74. The van der Waals surface area contributed by atoms with Crippen molar-refractivity contribution in [2.75, 3.05) is 12.3 Å². The Morgan fingerprint density at radius 1 is 1.19 bits per heavy atom. The highest BCUT2D eigenvalue weighted by atomic mass is 35.5. The third-order valence-corrected chi connectivity index (χ3v) is 3.20. The van der Waals surface area contributed by atoms with Crippen LogP contribution in [0.5, 0.6) is 5.75 Å². The zero-order valence-corrected chi connectivity index (χ0v) is 12.0. The van der Waals surface area contributed by atoms with Crippen LogP contribution in [0.25, 0.3) is 0 Å². The predicted molar refractivity (Wildman–Crippen MR) is 82.8 cm³/mol. The number of benzene rings is 2. The fourth-order valence-corrected chi connectivity index (χ4v) is 2.06. The SMILES string of the molecule is Nc1ccc(CCCOc2ccc(Cl)cc2[N+](=O)[O-])cc1. The van der Waals surface area contributed by atoms with Gasteiger partial charge in [-0.15, -0.1) is 0 Å². The summed E-state index contributed by atoms with van der Waals surface area (Å²) in [6.45, 7) is 0.396. The van der Waals surface area contributed by atoms with E-state index in [0.29, 0.717) is 11.6 Å². The van der Waals surface area contributed by atoms with Gasteiger partial charge in [0.15, 0.2) is 5.75 Å². The van der Waals surface area contributed by atoms with Crippen molar-refractivity contribution in [1.82, 2.24) is 0 Å². The highest BCUT2D eigenvalue weighted by Gasteiger charge is 2.15. The van der Waals surface area contributed by atoms with Crippen molar-refractivity contribution in [1.29, 1.82) is 0 Å². The first-order chi connectivity index (χ1) is 10.1. The molecule has 0 amide bonds. The smallest absolute Gasteiger partial charge is 0.312 e. The van der Waals surface area contributed by atoms with Gasteiger partial charge in [-0.1, -0.05) is 23.7 Å². The average molecular weight is 307 g/mol. The highest BCUT2D eigenvalue weighted by Crippen LogP contribution is 2.29. The van der Waals surface area contributed by atoms with Gasteiger partial charge in [-0.25, -0.2) is 0 Å². The average Bonchev–Trinajstić information content (AvgIpc) is 2.46. The molecule has 110 valence electrons. The van der Waals surface area contributed by atoms with Crippen LogP contribution < -0.4 is 10.5 Å². The summed E-state index contributed by atoms with van der Waals surface area (Å²) in [5.74, 6) is 0.238. The predicted octanol–water partition coefficient (Wildman–Crippen LogP) is 3.84. The van der Waals surface area contributed by atoms with Crippen LogP contribution in [0.3, 0.4) is 0 Å². The number of nitro benzene ring substituents is 1. The van der Waals surface area contributed by atoms with Crippen LogP contribution in [0, 0.1) is 10.1 Å². The van der Waals surface area contributed by atoms with Gasteiger partial charge in [0.1, 0.15) is 0 Å². The second-order valence-corrected chi connectivity index (χ2v) is 5.00. The molecule has 2 N–H and O–H groups in total. The highest BCUT2D eigenvalue weighted by molar-refractivity contribution is 6.30. The van der Waals surface area contributed by atoms with Gasteiger partial charge >= 0.3 is 5.69 Å². The lowest BCUT2D eigenvalue weighted by Crippen LogP contribution is -2.02. The number of nitrogen functional groups attached to an aromatic ring is 1. The Morgan fingerprint density at radius 2 is 1.90 bits per heavy atom. The zero-order chi connectivity index (χ0) is 15.2. The van der Waals surface area contributed by atoms with E-state index in [-0.39, 0.29) is 11.4 Å². The summed E-state index contributed by atoms with van der Waals surface area (Å²) < 4.78 is 5.47. The lowest BCUT2D eigenvalue weighted by Gasteiger charge is -2.07. The normalized spacial score (nSPS) is 10.3. The molecular weight excluding hydrogens is 292 g/mol. The lowest BCUT2D eigenvalue weighted by atomic mass is 10.1. The Bertz CT molecular complexity index is 629. The third-order valence-electron chi connectivity index (χ3n) is 2.96. The van der Waals surface area contributed by atoms with Gasteiger partial charge in [0.2, 0.25) is 0 Å². The first kappa shape index (κ1) is 15.1. The van der Waals surface area contributed by atoms with Crippen molar-refractivity contribution < 1.29 is 9.66 Å². The molecule has 21 heavy (non-hydrogen) atoms. The van der Waals surface area contributed by atoms with Crippen LogP contribution in [-0.2, 0) is 6.42 Å². The minimum absolute atomic E-state index is 0.116. The molecule has 0 fully saturated rings. The van der Waals surface area contributed by atoms with E-state index in [9.17, 15) is 10.1 Å². The molecule has 0 saturated carbocycles. The second kappa shape index (κ2) is 6.95. The molecule has 0 aliphatic carbocycles. The van der Waals surface area contributed by atoms with E-state index in [1.807, 2.05) is 24.3 Å².